The number of nitrogens with zero attached hydrogens (tertiary/aromatic N) is 1. The van der Waals surface area contributed by atoms with Gasteiger partial charge in [0.05, 0.1) is 50.1 Å². The third-order valence-electron chi connectivity index (χ3n) is 5.39. The van der Waals surface area contributed by atoms with E-state index in [1.807, 2.05) is 0 Å². The van der Waals surface area contributed by atoms with E-state index in [4.69, 9.17) is 42.1 Å². The average molecular weight is 512 g/mol. The lowest BCUT2D eigenvalue weighted by atomic mass is 9.94. The van der Waals surface area contributed by atoms with E-state index in [0.29, 0.717) is 5.56 Å². The van der Waals surface area contributed by atoms with Crippen molar-refractivity contribution >= 4 is 40.7 Å². The summed E-state index contributed by atoms with van der Waals surface area (Å²) in [7, 11) is 5.53. The number of hydrogen-bond acceptors (Lipinski definition) is 8. The molecule has 2 aromatic rings. The van der Waals surface area contributed by atoms with E-state index in [2.05, 4.69) is 0 Å². The number of aliphatic hydroxyl groups is 1. The van der Waals surface area contributed by atoms with Crippen LogP contribution in [-0.4, -0.2) is 68.4 Å². The lowest BCUT2D eigenvalue weighted by Crippen LogP contribution is -2.32. The van der Waals surface area contributed by atoms with Gasteiger partial charge in [0.2, 0.25) is 0 Å². The largest absolute Gasteiger partial charge is 0.507 e. The molecule has 1 aliphatic heterocycles. The molecular weight excluding hydrogens is 489 g/mol. The molecule has 3 rings (SSSR count). The van der Waals surface area contributed by atoms with Crippen LogP contribution in [0.5, 0.6) is 23.0 Å². The third-order valence-corrected chi connectivity index (χ3v) is 6.01. The van der Waals surface area contributed by atoms with E-state index in [1.54, 1.807) is 6.07 Å². The molecule has 0 radical (unpaired) electrons. The van der Waals surface area contributed by atoms with Crippen LogP contribution in [0.4, 0.5) is 0 Å². The van der Waals surface area contributed by atoms with Gasteiger partial charge in [-0.15, -0.1) is 0 Å². The zero-order valence-corrected chi connectivity index (χ0v) is 20.4. The van der Waals surface area contributed by atoms with Crippen molar-refractivity contribution in [3.8, 4) is 23.0 Å². The van der Waals surface area contributed by atoms with Gasteiger partial charge < -0.3 is 34.1 Å². The maximum Gasteiger partial charge on any atom is 0.295 e. The van der Waals surface area contributed by atoms with Gasteiger partial charge in [0.1, 0.15) is 10.8 Å². The molecule has 1 atom stereocenters. The summed E-state index contributed by atoms with van der Waals surface area (Å²) < 4.78 is 20.7. The van der Waals surface area contributed by atoms with Crippen molar-refractivity contribution in [2.45, 2.75) is 6.04 Å². The smallest absolute Gasteiger partial charge is 0.295 e. The number of phenolic OH excluding ortho intramolecular Hbond substituents is 1. The molecule has 0 aromatic heterocycles. The van der Waals surface area contributed by atoms with Crippen molar-refractivity contribution in [3.63, 3.8) is 0 Å². The Morgan fingerprint density at radius 1 is 1.03 bits per heavy atom. The summed E-state index contributed by atoms with van der Waals surface area (Å²) in [6, 6.07) is 4.70. The second-order valence-corrected chi connectivity index (χ2v) is 7.99. The fourth-order valence-electron chi connectivity index (χ4n) is 3.82. The summed E-state index contributed by atoms with van der Waals surface area (Å²) in [5.41, 5.74) is 0.117. The van der Waals surface area contributed by atoms with Crippen LogP contribution < -0.4 is 14.2 Å². The Labute approximate surface area is 206 Å². The van der Waals surface area contributed by atoms with Gasteiger partial charge in [0.25, 0.3) is 11.7 Å². The Balaban J connectivity index is 2.30. The molecular formula is C23H23Cl2NO8. The van der Waals surface area contributed by atoms with Crippen molar-refractivity contribution in [1.82, 2.24) is 4.90 Å². The molecule has 1 unspecified atom stereocenters. The monoisotopic (exact) mass is 511 g/mol. The predicted molar refractivity (Wildman–Crippen MR) is 125 cm³/mol. The number of aliphatic hydroxyl groups excluding tert-OH is 1. The van der Waals surface area contributed by atoms with Crippen LogP contribution in [0.15, 0.2) is 29.8 Å². The van der Waals surface area contributed by atoms with Crippen LogP contribution in [0.2, 0.25) is 10.0 Å². The van der Waals surface area contributed by atoms with Crippen molar-refractivity contribution < 1.29 is 38.7 Å². The summed E-state index contributed by atoms with van der Waals surface area (Å²) in [4.78, 5) is 27.3. The van der Waals surface area contributed by atoms with Crippen molar-refractivity contribution in [2.75, 3.05) is 41.6 Å². The SMILES string of the molecule is COCCN1C(=O)C(=O)/C(=C(/O)c2cc(Cl)c(OC)c(Cl)c2OC)C1c1ccc(OC)c(O)c1. The van der Waals surface area contributed by atoms with E-state index in [-0.39, 0.29) is 57.3 Å². The molecule has 1 aliphatic rings. The molecule has 2 N–H and O–H groups in total. The minimum atomic E-state index is -1.05. The highest BCUT2D eigenvalue weighted by Crippen LogP contribution is 2.47. The number of ketones is 1. The lowest BCUT2D eigenvalue weighted by Gasteiger charge is -2.25. The van der Waals surface area contributed by atoms with Gasteiger partial charge in [0.15, 0.2) is 23.0 Å². The first-order valence-corrected chi connectivity index (χ1v) is 10.7. The lowest BCUT2D eigenvalue weighted by molar-refractivity contribution is -0.140. The highest BCUT2D eigenvalue weighted by Gasteiger charge is 2.46. The molecule has 0 aliphatic carbocycles. The van der Waals surface area contributed by atoms with E-state index < -0.39 is 23.5 Å². The summed E-state index contributed by atoms with van der Waals surface area (Å²) in [5.74, 6) is -2.21. The Kier molecular flexibility index (Phi) is 7.81. The zero-order chi connectivity index (χ0) is 25.2. The second kappa shape index (κ2) is 10.4. The molecule has 2 aromatic carbocycles. The van der Waals surface area contributed by atoms with Crippen molar-refractivity contribution in [3.05, 3.63) is 51.0 Å². The maximum atomic E-state index is 13.1. The summed E-state index contributed by atoms with van der Waals surface area (Å²) in [5, 5.41) is 21.7. The average Bonchev–Trinajstić information content (AvgIpc) is 3.07. The number of halogens is 2. The molecule has 1 saturated heterocycles. The number of hydrogen-bond donors (Lipinski definition) is 2. The molecule has 1 fully saturated rings. The van der Waals surface area contributed by atoms with Gasteiger partial charge in [-0.05, 0) is 23.8 Å². The van der Waals surface area contributed by atoms with Crippen LogP contribution in [0.3, 0.4) is 0 Å². The summed E-state index contributed by atoms with van der Waals surface area (Å²) in [6.45, 7) is 0.186. The van der Waals surface area contributed by atoms with Crippen LogP contribution in [0.25, 0.3) is 5.76 Å². The Bertz CT molecular complexity index is 1160. The fraction of sp³-hybridized carbons (Fsp3) is 0.304. The number of phenols is 1. The molecule has 182 valence electrons. The molecule has 0 saturated carbocycles. The predicted octanol–water partition coefficient (Wildman–Crippen LogP) is 3.79. The van der Waals surface area contributed by atoms with Gasteiger partial charge in [0, 0.05) is 13.7 Å². The number of ether oxygens (including phenoxy) is 4. The molecule has 11 heteroatoms. The minimum Gasteiger partial charge on any atom is -0.507 e. The van der Waals surface area contributed by atoms with Crippen molar-refractivity contribution in [1.29, 1.82) is 0 Å². The fourth-order valence-corrected chi connectivity index (χ4v) is 4.50. The first kappa shape index (κ1) is 25.5. The molecule has 34 heavy (non-hydrogen) atoms. The molecule has 1 amide bonds. The Hall–Kier alpha value is -3.14. The molecule has 0 spiro atoms. The molecule has 9 nitrogen and oxygen atoms in total. The number of methoxy groups -OCH3 is 4. The first-order valence-electron chi connectivity index (χ1n) is 9.96. The Morgan fingerprint density at radius 2 is 1.71 bits per heavy atom. The van der Waals surface area contributed by atoms with E-state index in [1.165, 1.54) is 51.5 Å². The van der Waals surface area contributed by atoms with Crippen LogP contribution >= 0.6 is 23.2 Å². The molecule has 0 bridgehead atoms. The summed E-state index contributed by atoms with van der Waals surface area (Å²) >= 11 is 12.6. The van der Waals surface area contributed by atoms with Gasteiger partial charge in [-0.2, -0.15) is 0 Å². The van der Waals surface area contributed by atoms with E-state index in [0.717, 1.165) is 0 Å². The quantitative estimate of drug-likeness (QED) is 0.312. The van der Waals surface area contributed by atoms with E-state index >= 15 is 0 Å². The highest BCUT2D eigenvalue weighted by atomic mass is 35.5. The number of carbonyl (C=O) groups is 2. The summed E-state index contributed by atoms with van der Waals surface area (Å²) in [6.07, 6.45) is 0. The number of benzene rings is 2. The first-order chi connectivity index (χ1) is 16.2. The number of Topliss-reactive ketones (excluding diaryl/α,β-unsaturated/α-hetero) is 1. The standard InChI is InChI=1S/C23H23Cl2NO8/c1-31-8-7-26-18(11-5-6-15(32-2)14(27)9-11)16(20(29)23(26)30)19(28)12-10-13(24)22(34-4)17(25)21(12)33-3/h5-6,9-10,18,27-28H,7-8H2,1-4H3/b19-16+. The van der Waals surface area contributed by atoms with Crippen molar-refractivity contribution in [2.24, 2.45) is 0 Å². The number of rotatable bonds is 8. The number of amides is 1. The molecule has 1 heterocycles. The highest BCUT2D eigenvalue weighted by molar-refractivity contribution is 6.47. The Morgan fingerprint density at radius 3 is 2.26 bits per heavy atom. The minimum absolute atomic E-state index is 0.000152. The van der Waals surface area contributed by atoms with Gasteiger partial charge in [-0.3, -0.25) is 9.59 Å². The van der Waals surface area contributed by atoms with Crippen LogP contribution in [0.1, 0.15) is 17.2 Å². The normalized spacial score (nSPS) is 17.2. The zero-order valence-electron chi connectivity index (χ0n) is 18.8. The van der Waals surface area contributed by atoms with Gasteiger partial charge in [-0.25, -0.2) is 0 Å². The second-order valence-electron chi connectivity index (χ2n) is 7.20. The van der Waals surface area contributed by atoms with Crippen LogP contribution in [0, 0.1) is 0 Å². The van der Waals surface area contributed by atoms with Crippen LogP contribution in [-0.2, 0) is 14.3 Å². The topological polar surface area (TPSA) is 115 Å². The third kappa shape index (κ3) is 4.34. The number of aromatic hydroxyl groups is 1. The number of carbonyl (C=O) groups excluding carboxylic acids is 2. The van der Waals surface area contributed by atoms with Gasteiger partial charge in [-0.1, -0.05) is 29.3 Å². The van der Waals surface area contributed by atoms with Gasteiger partial charge >= 0.3 is 0 Å². The van der Waals surface area contributed by atoms with E-state index in [9.17, 15) is 19.8 Å². The number of likely N-dealkylation sites (tertiary alicyclic amines) is 1. The maximum absolute atomic E-state index is 13.1.